The van der Waals surface area contributed by atoms with E-state index in [1.54, 1.807) is 6.08 Å². The summed E-state index contributed by atoms with van der Waals surface area (Å²) in [6, 6.07) is 14.0. The van der Waals surface area contributed by atoms with Crippen molar-refractivity contribution in [1.82, 2.24) is 25.1 Å². The number of aromatic amines is 2. The molecule has 4 aromatic heterocycles. The minimum Gasteiger partial charge on any atom is -0.336 e. The zero-order valence-electron chi connectivity index (χ0n) is 16.7. The van der Waals surface area contributed by atoms with Crippen LogP contribution in [0.15, 0.2) is 73.3 Å². The predicted molar refractivity (Wildman–Crippen MR) is 130 cm³/mol. The number of thiophene rings is 1. The van der Waals surface area contributed by atoms with Gasteiger partial charge in [-0.1, -0.05) is 54.6 Å². The number of halogens is 1. The molecule has 5 aromatic rings. The van der Waals surface area contributed by atoms with E-state index in [0.717, 1.165) is 48.1 Å². The van der Waals surface area contributed by atoms with Gasteiger partial charge in [0.05, 0.1) is 26.6 Å². The minimum absolute atomic E-state index is 0.671. The molecule has 0 saturated carbocycles. The molecule has 0 spiro atoms. The van der Waals surface area contributed by atoms with Gasteiger partial charge in [-0.25, -0.2) is 9.97 Å². The fourth-order valence-corrected chi connectivity index (χ4v) is 4.60. The second-order valence-corrected chi connectivity index (χ2v) is 8.61. The van der Waals surface area contributed by atoms with E-state index < -0.39 is 0 Å². The largest absolute Gasteiger partial charge is 0.336 e. The smallest absolute Gasteiger partial charge is 0.161 e. The third-order valence-electron chi connectivity index (χ3n) is 5.00. The van der Waals surface area contributed by atoms with Crippen molar-refractivity contribution in [3.8, 4) is 22.0 Å². The van der Waals surface area contributed by atoms with Crippen LogP contribution < -0.4 is 0 Å². The summed E-state index contributed by atoms with van der Waals surface area (Å²) in [7, 11) is 0. The van der Waals surface area contributed by atoms with E-state index >= 15 is 0 Å². The van der Waals surface area contributed by atoms with Crippen LogP contribution in [0.3, 0.4) is 0 Å². The molecule has 5 rings (SSSR count). The van der Waals surface area contributed by atoms with Crippen molar-refractivity contribution in [3.05, 3.63) is 83.4 Å². The quantitative estimate of drug-likeness (QED) is 0.286. The predicted octanol–water partition coefficient (Wildman–Crippen LogP) is 7.03. The van der Waals surface area contributed by atoms with E-state index in [9.17, 15) is 0 Å². The average Bonchev–Trinajstić information content (AvgIpc) is 3.51. The van der Waals surface area contributed by atoms with Crippen LogP contribution in [-0.2, 0) is 0 Å². The van der Waals surface area contributed by atoms with Crippen LogP contribution in [0.5, 0.6) is 0 Å². The summed E-state index contributed by atoms with van der Waals surface area (Å²) < 4.78 is 0.753. The normalized spacial score (nSPS) is 12.4. The lowest BCUT2D eigenvalue weighted by molar-refractivity contribution is 1.10. The van der Waals surface area contributed by atoms with Gasteiger partial charge in [0.15, 0.2) is 11.5 Å². The third-order valence-corrected chi connectivity index (χ3v) is 6.27. The lowest BCUT2D eigenvalue weighted by atomic mass is 10.1. The topological polar surface area (TPSA) is 70.2 Å². The summed E-state index contributed by atoms with van der Waals surface area (Å²) in [4.78, 5) is 14.2. The number of hydrogen-bond donors (Lipinski definition) is 2. The van der Waals surface area contributed by atoms with Crippen LogP contribution in [0.2, 0.25) is 4.34 Å². The molecule has 0 aliphatic carbocycles. The zero-order valence-corrected chi connectivity index (χ0v) is 18.3. The number of para-hydroxylation sites is 1. The summed E-state index contributed by atoms with van der Waals surface area (Å²) in [6.45, 7) is 5.73. The average molecular weight is 444 g/mol. The highest BCUT2D eigenvalue weighted by Gasteiger charge is 2.17. The summed E-state index contributed by atoms with van der Waals surface area (Å²) in [5, 5.41) is 7.57. The summed E-state index contributed by atoms with van der Waals surface area (Å²) in [6.07, 6.45) is 7.65. The van der Waals surface area contributed by atoms with E-state index in [2.05, 4.69) is 27.8 Å². The third kappa shape index (κ3) is 3.50. The van der Waals surface area contributed by atoms with Gasteiger partial charge >= 0.3 is 0 Å². The Balaban J connectivity index is 1.65. The molecule has 4 heterocycles. The van der Waals surface area contributed by atoms with Gasteiger partial charge in [-0.2, -0.15) is 5.10 Å². The number of aromatic nitrogens is 5. The van der Waals surface area contributed by atoms with Crippen molar-refractivity contribution in [2.45, 2.75) is 6.92 Å². The Morgan fingerprint density at radius 2 is 1.97 bits per heavy atom. The first-order valence-electron chi connectivity index (χ1n) is 9.73. The number of allylic oxidation sites excluding steroid dienone is 5. The summed E-state index contributed by atoms with van der Waals surface area (Å²) in [5.74, 6) is 0.671. The molecule has 0 unspecified atom stereocenters. The maximum absolute atomic E-state index is 6.15. The van der Waals surface area contributed by atoms with Crippen LogP contribution in [0.1, 0.15) is 12.6 Å². The molecule has 0 fully saturated rings. The molecule has 0 radical (unpaired) electrons. The number of imidazole rings is 1. The van der Waals surface area contributed by atoms with Gasteiger partial charge in [0.25, 0.3) is 0 Å². The Kier molecular flexibility index (Phi) is 5.02. The number of nitrogens with one attached hydrogen (secondary N) is 2. The molecule has 0 aliphatic rings. The molecule has 0 saturated heterocycles. The van der Waals surface area contributed by atoms with Gasteiger partial charge in [0, 0.05) is 10.4 Å². The minimum atomic E-state index is 0.671. The van der Waals surface area contributed by atoms with Crippen LogP contribution in [-0.4, -0.2) is 25.1 Å². The van der Waals surface area contributed by atoms with Crippen molar-refractivity contribution in [3.63, 3.8) is 0 Å². The van der Waals surface area contributed by atoms with Crippen LogP contribution in [0, 0.1) is 0 Å². The molecule has 5 nitrogen and oxygen atoms in total. The number of rotatable bonds is 5. The lowest BCUT2D eigenvalue weighted by Gasteiger charge is -2.01. The number of hydrogen-bond acceptors (Lipinski definition) is 4. The van der Waals surface area contributed by atoms with Crippen molar-refractivity contribution >= 4 is 50.6 Å². The highest BCUT2D eigenvalue weighted by atomic mass is 35.5. The second kappa shape index (κ2) is 7.98. The Bertz CT molecular complexity index is 1480. The van der Waals surface area contributed by atoms with Crippen molar-refractivity contribution in [2.24, 2.45) is 0 Å². The van der Waals surface area contributed by atoms with E-state index in [1.165, 1.54) is 11.3 Å². The van der Waals surface area contributed by atoms with E-state index in [-0.39, 0.29) is 0 Å². The number of pyridine rings is 1. The van der Waals surface area contributed by atoms with Crippen LogP contribution in [0.25, 0.3) is 49.6 Å². The Morgan fingerprint density at radius 1 is 1.06 bits per heavy atom. The Morgan fingerprint density at radius 3 is 2.74 bits per heavy atom. The molecule has 0 aliphatic heterocycles. The molecule has 0 atom stereocenters. The first-order valence-corrected chi connectivity index (χ1v) is 10.9. The molecule has 1 aromatic carbocycles. The maximum atomic E-state index is 6.15. The van der Waals surface area contributed by atoms with Crippen LogP contribution >= 0.6 is 22.9 Å². The van der Waals surface area contributed by atoms with E-state index in [0.29, 0.717) is 11.5 Å². The molecule has 152 valence electrons. The number of nitrogens with zero attached hydrogens (tertiary/aromatic N) is 3. The molecule has 7 heteroatoms. The van der Waals surface area contributed by atoms with Gasteiger partial charge in [-0.15, -0.1) is 11.3 Å². The fourth-order valence-electron chi connectivity index (χ4n) is 3.53. The number of fused-ring (bicyclic) bond motifs is 2. The highest BCUT2D eigenvalue weighted by Crippen LogP contribution is 2.36. The van der Waals surface area contributed by atoms with Crippen molar-refractivity contribution < 1.29 is 0 Å². The van der Waals surface area contributed by atoms with Gasteiger partial charge in [0.1, 0.15) is 5.52 Å². The standard InChI is InChI=1S/C24H18ClN5S/c1-3-5-7-14(4-2)16-10-11-18-22(26-16)23(30-29-18)24-27-17-9-6-8-15(21(17)28-24)19-12-13-20(25)31-19/h3-13H,1H2,2H3,(H,27,28)(H,29,30)/b7-5-,14-4+. The zero-order chi connectivity index (χ0) is 21.4. The van der Waals surface area contributed by atoms with E-state index in [1.807, 2.05) is 61.5 Å². The van der Waals surface area contributed by atoms with Gasteiger partial charge in [-0.3, -0.25) is 5.10 Å². The monoisotopic (exact) mass is 443 g/mol. The second-order valence-electron chi connectivity index (χ2n) is 6.89. The SMILES string of the molecule is C=C/C=C\C(=C/C)c1ccc2[nH]nc(-c3nc4c(-c5ccc(Cl)s5)cccc4[nH]3)c2n1. The molecule has 2 N–H and O–H groups in total. The van der Waals surface area contributed by atoms with Crippen molar-refractivity contribution in [2.75, 3.05) is 0 Å². The van der Waals surface area contributed by atoms with Crippen LogP contribution in [0.4, 0.5) is 0 Å². The fraction of sp³-hybridized carbons (Fsp3) is 0.0417. The maximum Gasteiger partial charge on any atom is 0.161 e. The summed E-state index contributed by atoms with van der Waals surface area (Å²) >= 11 is 7.69. The Hall–Kier alpha value is -3.48. The van der Waals surface area contributed by atoms with E-state index in [4.69, 9.17) is 21.6 Å². The van der Waals surface area contributed by atoms with Gasteiger partial charge in [-0.05, 0) is 42.8 Å². The van der Waals surface area contributed by atoms with Gasteiger partial charge < -0.3 is 4.98 Å². The molecular formula is C24H18ClN5S. The number of benzene rings is 1. The number of H-pyrrole nitrogens is 2. The highest BCUT2D eigenvalue weighted by molar-refractivity contribution is 7.19. The van der Waals surface area contributed by atoms with Crippen molar-refractivity contribution in [1.29, 1.82) is 0 Å². The molecule has 0 bridgehead atoms. The summed E-state index contributed by atoms with van der Waals surface area (Å²) in [5.41, 5.74) is 7.04. The first-order chi connectivity index (χ1) is 15.2. The lowest BCUT2D eigenvalue weighted by Crippen LogP contribution is -1.89. The molecule has 31 heavy (non-hydrogen) atoms. The Labute approximate surface area is 187 Å². The molecule has 0 amide bonds. The first kappa shape index (κ1) is 19.5. The molecular weight excluding hydrogens is 426 g/mol. The van der Waals surface area contributed by atoms with Gasteiger partial charge in [0.2, 0.25) is 0 Å².